The summed E-state index contributed by atoms with van der Waals surface area (Å²) in [5.74, 6) is 0.496. The van der Waals surface area contributed by atoms with Gasteiger partial charge in [0.25, 0.3) is 0 Å². The molecule has 0 saturated heterocycles. The Labute approximate surface area is 92.4 Å². The summed E-state index contributed by atoms with van der Waals surface area (Å²) in [6.45, 7) is 6.11. The number of ketones is 1. The summed E-state index contributed by atoms with van der Waals surface area (Å²) in [5.41, 5.74) is 0.506. The highest BCUT2D eigenvalue weighted by atomic mass is 16.3. The van der Waals surface area contributed by atoms with Crippen LogP contribution in [0.25, 0.3) is 0 Å². The molecule has 86 valence electrons. The van der Waals surface area contributed by atoms with Gasteiger partial charge in [0.1, 0.15) is 5.76 Å². The molecule has 0 heterocycles. The molecule has 0 atom stereocenters. The number of aliphatic hydroxyl groups is 1. The minimum absolute atomic E-state index is 0.159. The SMILES string of the molecule is CCCCCC(=O)C1=C(O)C(C)(C)CC1. The molecule has 15 heavy (non-hydrogen) atoms. The van der Waals surface area contributed by atoms with Crippen LogP contribution in [0.15, 0.2) is 11.3 Å². The maximum absolute atomic E-state index is 11.8. The van der Waals surface area contributed by atoms with Crippen molar-refractivity contribution >= 4 is 5.78 Å². The van der Waals surface area contributed by atoms with Gasteiger partial charge in [0, 0.05) is 17.4 Å². The second kappa shape index (κ2) is 4.82. The van der Waals surface area contributed by atoms with Gasteiger partial charge in [-0.25, -0.2) is 0 Å². The molecule has 1 aliphatic rings. The largest absolute Gasteiger partial charge is 0.511 e. The average Bonchev–Trinajstić information content (AvgIpc) is 2.43. The van der Waals surface area contributed by atoms with E-state index >= 15 is 0 Å². The fourth-order valence-electron chi connectivity index (χ4n) is 2.04. The lowest BCUT2D eigenvalue weighted by Crippen LogP contribution is -2.10. The molecule has 0 aromatic rings. The van der Waals surface area contributed by atoms with E-state index in [9.17, 15) is 9.90 Å². The van der Waals surface area contributed by atoms with Crippen molar-refractivity contribution in [3.63, 3.8) is 0 Å². The Bertz CT molecular complexity index is 274. The molecule has 0 saturated carbocycles. The van der Waals surface area contributed by atoms with E-state index in [1.165, 1.54) is 0 Å². The first-order valence-corrected chi connectivity index (χ1v) is 5.95. The second-order valence-electron chi connectivity index (χ2n) is 5.09. The minimum Gasteiger partial charge on any atom is -0.511 e. The molecule has 1 N–H and O–H groups in total. The third-order valence-electron chi connectivity index (χ3n) is 3.27. The van der Waals surface area contributed by atoms with Gasteiger partial charge in [-0.1, -0.05) is 33.6 Å². The van der Waals surface area contributed by atoms with E-state index in [-0.39, 0.29) is 11.2 Å². The van der Waals surface area contributed by atoms with Gasteiger partial charge in [-0.2, -0.15) is 0 Å². The first-order chi connectivity index (χ1) is 6.99. The molecule has 0 amide bonds. The third-order valence-corrected chi connectivity index (χ3v) is 3.27. The van der Waals surface area contributed by atoms with Gasteiger partial charge in [-0.15, -0.1) is 0 Å². The number of unbranched alkanes of at least 4 members (excludes halogenated alkanes) is 2. The number of Topliss-reactive ketones (excluding diaryl/α,β-unsaturated/α-hetero) is 1. The van der Waals surface area contributed by atoms with E-state index in [2.05, 4.69) is 6.92 Å². The Hall–Kier alpha value is -0.790. The monoisotopic (exact) mass is 210 g/mol. The molecular formula is C13H22O2. The van der Waals surface area contributed by atoms with E-state index < -0.39 is 0 Å². The van der Waals surface area contributed by atoms with Crippen LogP contribution in [-0.4, -0.2) is 10.9 Å². The molecule has 0 radical (unpaired) electrons. The van der Waals surface area contributed by atoms with Gasteiger partial charge in [0.2, 0.25) is 0 Å². The number of aliphatic hydroxyl groups excluding tert-OH is 1. The Morgan fingerprint density at radius 1 is 1.40 bits per heavy atom. The lowest BCUT2D eigenvalue weighted by atomic mass is 9.91. The molecular weight excluding hydrogens is 188 g/mol. The van der Waals surface area contributed by atoms with Crippen LogP contribution in [0, 0.1) is 5.41 Å². The van der Waals surface area contributed by atoms with E-state index in [4.69, 9.17) is 0 Å². The summed E-state index contributed by atoms with van der Waals surface area (Å²) in [4.78, 5) is 11.8. The number of carbonyl (C=O) groups excluding carboxylic acids is 1. The summed E-state index contributed by atoms with van der Waals surface area (Å²) in [6.07, 6.45) is 5.43. The van der Waals surface area contributed by atoms with Crippen molar-refractivity contribution in [1.29, 1.82) is 0 Å². The van der Waals surface area contributed by atoms with Crippen LogP contribution in [0.1, 0.15) is 59.3 Å². The third kappa shape index (κ3) is 2.83. The maximum Gasteiger partial charge on any atom is 0.162 e. The number of rotatable bonds is 5. The van der Waals surface area contributed by atoms with Gasteiger partial charge >= 0.3 is 0 Å². The van der Waals surface area contributed by atoms with Gasteiger partial charge in [-0.3, -0.25) is 4.79 Å². The van der Waals surface area contributed by atoms with Crippen molar-refractivity contribution in [2.75, 3.05) is 0 Å². The van der Waals surface area contributed by atoms with Crippen molar-refractivity contribution in [2.24, 2.45) is 5.41 Å². The van der Waals surface area contributed by atoms with Gasteiger partial charge in [0.15, 0.2) is 5.78 Å². The van der Waals surface area contributed by atoms with E-state index in [1.807, 2.05) is 13.8 Å². The summed E-state index contributed by atoms with van der Waals surface area (Å²) in [7, 11) is 0. The molecule has 0 fully saturated rings. The van der Waals surface area contributed by atoms with Crippen molar-refractivity contribution in [2.45, 2.75) is 59.3 Å². The first kappa shape index (κ1) is 12.3. The van der Waals surface area contributed by atoms with Gasteiger partial charge < -0.3 is 5.11 Å². The Balaban J connectivity index is 2.57. The van der Waals surface area contributed by atoms with Crippen molar-refractivity contribution in [3.05, 3.63) is 11.3 Å². The Morgan fingerprint density at radius 2 is 2.07 bits per heavy atom. The number of carbonyl (C=O) groups is 1. The van der Waals surface area contributed by atoms with E-state index in [1.54, 1.807) is 0 Å². The number of hydrogen-bond acceptors (Lipinski definition) is 2. The highest BCUT2D eigenvalue weighted by Crippen LogP contribution is 2.41. The Morgan fingerprint density at radius 3 is 2.53 bits per heavy atom. The highest BCUT2D eigenvalue weighted by Gasteiger charge is 2.34. The van der Waals surface area contributed by atoms with Gasteiger partial charge in [-0.05, 0) is 19.3 Å². The van der Waals surface area contributed by atoms with Crippen molar-refractivity contribution in [1.82, 2.24) is 0 Å². The molecule has 0 bridgehead atoms. The second-order valence-corrected chi connectivity index (χ2v) is 5.09. The predicted molar refractivity (Wildman–Crippen MR) is 61.8 cm³/mol. The van der Waals surface area contributed by atoms with E-state index in [0.717, 1.165) is 32.1 Å². The van der Waals surface area contributed by atoms with Crippen LogP contribution in [0.5, 0.6) is 0 Å². The molecule has 1 aliphatic carbocycles. The molecule has 2 heteroatoms. The standard InChI is InChI=1S/C13H22O2/c1-4-5-6-7-11(14)10-8-9-13(2,3)12(10)15/h15H,4-9H2,1-3H3. The maximum atomic E-state index is 11.8. The molecule has 1 rings (SSSR count). The van der Waals surface area contributed by atoms with E-state index in [0.29, 0.717) is 17.8 Å². The molecule has 0 aliphatic heterocycles. The summed E-state index contributed by atoms with van der Waals surface area (Å²) >= 11 is 0. The summed E-state index contributed by atoms with van der Waals surface area (Å²) in [6, 6.07) is 0. The van der Waals surface area contributed by atoms with Crippen LogP contribution in [0.2, 0.25) is 0 Å². The lowest BCUT2D eigenvalue weighted by molar-refractivity contribution is -0.115. The molecule has 0 unspecified atom stereocenters. The molecule has 0 aromatic heterocycles. The van der Waals surface area contributed by atoms with Crippen LogP contribution < -0.4 is 0 Å². The summed E-state index contributed by atoms with van der Waals surface area (Å²) in [5, 5.41) is 9.90. The summed E-state index contributed by atoms with van der Waals surface area (Å²) < 4.78 is 0. The number of hydrogen-bond donors (Lipinski definition) is 1. The zero-order chi connectivity index (χ0) is 11.5. The predicted octanol–water partition coefficient (Wildman–Crippen LogP) is 3.77. The Kier molecular flexibility index (Phi) is 3.95. The minimum atomic E-state index is -0.185. The fraction of sp³-hybridized carbons (Fsp3) is 0.769. The van der Waals surface area contributed by atoms with Crippen LogP contribution in [-0.2, 0) is 4.79 Å². The topological polar surface area (TPSA) is 37.3 Å². The lowest BCUT2D eigenvalue weighted by Gasteiger charge is -2.16. The zero-order valence-corrected chi connectivity index (χ0v) is 10.1. The molecule has 0 spiro atoms. The number of allylic oxidation sites excluding steroid dienone is 2. The zero-order valence-electron chi connectivity index (χ0n) is 10.1. The van der Waals surface area contributed by atoms with Crippen LogP contribution in [0.4, 0.5) is 0 Å². The van der Waals surface area contributed by atoms with Crippen molar-refractivity contribution < 1.29 is 9.90 Å². The smallest absolute Gasteiger partial charge is 0.162 e. The fourth-order valence-corrected chi connectivity index (χ4v) is 2.04. The van der Waals surface area contributed by atoms with Crippen molar-refractivity contribution in [3.8, 4) is 0 Å². The highest BCUT2D eigenvalue weighted by molar-refractivity contribution is 5.96. The normalized spacial score (nSPS) is 19.7. The first-order valence-electron chi connectivity index (χ1n) is 5.95. The van der Waals surface area contributed by atoms with Crippen LogP contribution >= 0.6 is 0 Å². The molecule has 2 nitrogen and oxygen atoms in total. The average molecular weight is 210 g/mol. The molecule has 0 aromatic carbocycles. The van der Waals surface area contributed by atoms with Gasteiger partial charge in [0.05, 0.1) is 0 Å². The van der Waals surface area contributed by atoms with Crippen LogP contribution in [0.3, 0.4) is 0 Å². The quantitative estimate of drug-likeness (QED) is 0.701.